The lowest BCUT2D eigenvalue weighted by Crippen LogP contribution is -2.22. The van der Waals surface area contributed by atoms with Crippen LogP contribution in [0.25, 0.3) is 11.0 Å². The van der Waals surface area contributed by atoms with Crippen molar-refractivity contribution in [3.8, 4) is 0 Å². The Morgan fingerprint density at radius 1 is 1.57 bits per heavy atom. The Morgan fingerprint density at radius 2 is 2.29 bits per heavy atom. The SMILES string of the molecule is CCOC(=O)c1cnc2c(c(C)nn2C)c1NC(C)CO. The van der Waals surface area contributed by atoms with Crippen LogP contribution in [0.4, 0.5) is 5.69 Å². The molecule has 2 heterocycles. The minimum atomic E-state index is -0.442. The number of ether oxygens (including phenoxy) is 1. The second-order valence-corrected chi connectivity index (χ2v) is 4.90. The number of hydrogen-bond donors (Lipinski definition) is 2. The number of aromatic nitrogens is 3. The summed E-state index contributed by atoms with van der Waals surface area (Å²) < 4.78 is 6.73. The predicted octanol–water partition coefficient (Wildman–Crippen LogP) is 1.25. The summed E-state index contributed by atoms with van der Waals surface area (Å²) in [5, 5.41) is 17.5. The number of hydrogen-bond acceptors (Lipinski definition) is 6. The molecular weight excluding hydrogens is 272 g/mol. The van der Waals surface area contributed by atoms with Crippen LogP contribution in [-0.2, 0) is 11.8 Å². The molecule has 0 aromatic carbocycles. The number of anilines is 1. The lowest BCUT2D eigenvalue weighted by Gasteiger charge is -2.16. The molecule has 0 bridgehead atoms. The Balaban J connectivity index is 2.65. The fourth-order valence-electron chi connectivity index (χ4n) is 2.22. The zero-order valence-electron chi connectivity index (χ0n) is 12.7. The average molecular weight is 292 g/mol. The van der Waals surface area contributed by atoms with E-state index in [1.165, 1.54) is 6.20 Å². The van der Waals surface area contributed by atoms with Crippen LogP contribution in [0.1, 0.15) is 29.9 Å². The van der Waals surface area contributed by atoms with Crippen LogP contribution in [0.2, 0.25) is 0 Å². The van der Waals surface area contributed by atoms with Crippen molar-refractivity contribution in [2.45, 2.75) is 26.8 Å². The number of fused-ring (bicyclic) bond motifs is 1. The van der Waals surface area contributed by atoms with E-state index in [1.807, 2.05) is 13.8 Å². The molecule has 0 spiro atoms. The van der Waals surface area contributed by atoms with Gasteiger partial charge in [0.25, 0.3) is 0 Å². The molecule has 2 rings (SSSR count). The summed E-state index contributed by atoms with van der Waals surface area (Å²) in [6.07, 6.45) is 1.48. The van der Waals surface area contributed by atoms with Gasteiger partial charge in [-0.25, -0.2) is 9.78 Å². The highest BCUT2D eigenvalue weighted by atomic mass is 16.5. The van der Waals surface area contributed by atoms with Crippen LogP contribution in [0.3, 0.4) is 0 Å². The van der Waals surface area contributed by atoms with Crippen LogP contribution < -0.4 is 5.32 Å². The van der Waals surface area contributed by atoms with Gasteiger partial charge in [0.2, 0.25) is 0 Å². The molecule has 0 fully saturated rings. The van der Waals surface area contributed by atoms with E-state index in [2.05, 4.69) is 15.4 Å². The summed E-state index contributed by atoms with van der Waals surface area (Å²) in [5.74, 6) is -0.442. The third-order valence-electron chi connectivity index (χ3n) is 3.19. The van der Waals surface area contributed by atoms with Crippen LogP contribution in [0, 0.1) is 6.92 Å². The van der Waals surface area contributed by atoms with Gasteiger partial charge in [-0.15, -0.1) is 0 Å². The molecule has 2 aromatic rings. The van der Waals surface area contributed by atoms with Crippen molar-refractivity contribution in [1.29, 1.82) is 0 Å². The van der Waals surface area contributed by atoms with E-state index in [0.29, 0.717) is 16.9 Å². The van der Waals surface area contributed by atoms with Crippen molar-refractivity contribution >= 4 is 22.7 Å². The van der Waals surface area contributed by atoms with Gasteiger partial charge in [-0.1, -0.05) is 0 Å². The van der Waals surface area contributed by atoms with Gasteiger partial charge in [-0.3, -0.25) is 4.68 Å². The quantitative estimate of drug-likeness (QED) is 0.806. The zero-order chi connectivity index (χ0) is 15.6. The van der Waals surface area contributed by atoms with Crippen LogP contribution in [0.15, 0.2) is 6.20 Å². The number of aliphatic hydroxyl groups excluding tert-OH is 1. The Morgan fingerprint density at radius 3 is 2.90 bits per heavy atom. The number of carbonyl (C=O) groups is 1. The van der Waals surface area contributed by atoms with Gasteiger partial charge in [0.05, 0.1) is 30.0 Å². The molecular formula is C14H20N4O3. The molecule has 0 aliphatic heterocycles. The van der Waals surface area contributed by atoms with E-state index in [0.717, 1.165) is 11.1 Å². The van der Waals surface area contributed by atoms with E-state index in [-0.39, 0.29) is 19.3 Å². The van der Waals surface area contributed by atoms with Crippen molar-refractivity contribution in [3.05, 3.63) is 17.5 Å². The lowest BCUT2D eigenvalue weighted by molar-refractivity contribution is 0.0527. The second kappa shape index (κ2) is 6.09. The summed E-state index contributed by atoms with van der Waals surface area (Å²) in [7, 11) is 1.80. The lowest BCUT2D eigenvalue weighted by atomic mass is 10.1. The standard InChI is InChI=1S/C14H20N4O3/c1-5-21-14(20)10-6-15-13-11(9(3)17-18(13)4)12(10)16-8(2)7-19/h6,8,19H,5,7H2,1-4H3,(H,15,16). The van der Waals surface area contributed by atoms with Crippen LogP contribution in [0.5, 0.6) is 0 Å². The van der Waals surface area contributed by atoms with Crippen molar-refractivity contribution < 1.29 is 14.6 Å². The Kier molecular flexibility index (Phi) is 4.42. The maximum Gasteiger partial charge on any atom is 0.341 e. The number of aryl methyl sites for hydroxylation is 2. The molecule has 1 atom stereocenters. The topological polar surface area (TPSA) is 89.3 Å². The van der Waals surface area contributed by atoms with Gasteiger partial charge in [-0.2, -0.15) is 5.10 Å². The summed E-state index contributed by atoms with van der Waals surface area (Å²) in [4.78, 5) is 16.4. The third-order valence-corrected chi connectivity index (χ3v) is 3.19. The minimum absolute atomic E-state index is 0.0502. The van der Waals surface area contributed by atoms with E-state index < -0.39 is 5.97 Å². The number of esters is 1. The van der Waals surface area contributed by atoms with Crippen molar-refractivity contribution in [3.63, 3.8) is 0 Å². The Hall–Kier alpha value is -2.15. The average Bonchev–Trinajstić information content (AvgIpc) is 2.74. The highest BCUT2D eigenvalue weighted by Crippen LogP contribution is 2.29. The molecule has 0 amide bonds. The summed E-state index contributed by atoms with van der Waals surface area (Å²) in [6, 6.07) is -0.205. The second-order valence-electron chi connectivity index (χ2n) is 4.90. The first-order valence-electron chi connectivity index (χ1n) is 6.86. The highest BCUT2D eigenvalue weighted by Gasteiger charge is 2.21. The number of nitrogens with one attached hydrogen (secondary N) is 1. The normalized spacial score (nSPS) is 12.4. The maximum absolute atomic E-state index is 12.1. The monoisotopic (exact) mass is 292 g/mol. The van der Waals surface area contributed by atoms with Gasteiger partial charge in [0, 0.05) is 19.3 Å². The van der Waals surface area contributed by atoms with E-state index in [1.54, 1.807) is 18.7 Å². The Bertz CT molecular complexity index is 666. The summed E-state index contributed by atoms with van der Waals surface area (Å²) in [5.41, 5.74) is 2.39. The molecule has 7 nitrogen and oxygen atoms in total. The third kappa shape index (κ3) is 2.82. The Labute approximate surface area is 122 Å². The van der Waals surface area contributed by atoms with E-state index in [9.17, 15) is 9.90 Å². The first-order valence-corrected chi connectivity index (χ1v) is 6.86. The molecule has 1 unspecified atom stereocenters. The molecule has 2 N–H and O–H groups in total. The minimum Gasteiger partial charge on any atom is -0.462 e. The molecule has 0 aliphatic carbocycles. The molecule has 21 heavy (non-hydrogen) atoms. The number of nitrogens with zero attached hydrogens (tertiary/aromatic N) is 3. The van der Waals surface area contributed by atoms with Crippen LogP contribution in [-0.4, -0.2) is 45.1 Å². The largest absolute Gasteiger partial charge is 0.462 e. The van der Waals surface area contributed by atoms with Gasteiger partial charge < -0.3 is 15.2 Å². The molecule has 114 valence electrons. The smallest absolute Gasteiger partial charge is 0.341 e. The fourth-order valence-corrected chi connectivity index (χ4v) is 2.22. The first kappa shape index (κ1) is 15.2. The molecule has 7 heteroatoms. The van der Waals surface area contributed by atoms with Gasteiger partial charge >= 0.3 is 5.97 Å². The van der Waals surface area contributed by atoms with Crippen molar-refractivity contribution in [2.75, 3.05) is 18.5 Å². The number of carbonyl (C=O) groups excluding carboxylic acids is 1. The summed E-state index contributed by atoms with van der Waals surface area (Å²) >= 11 is 0. The predicted molar refractivity (Wildman–Crippen MR) is 79.4 cm³/mol. The molecule has 2 aromatic heterocycles. The first-order chi connectivity index (χ1) is 9.99. The van der Waals surface area contributed by atoms with Crippen LogP contribution >= 0.6 is 0 Å². The number of pyridine rings is 1. The van der Waals surface area contributed by atoms with E-state index in [4.69, 9.17) is 4.74 Å². The molecule has 0 saturated carbocycles. The fraction of sp³-hybridized carbons (Fsp3) is 0.500. The summed E-state index contributed by atoms with van der Waals surface area (Å²) in [6.45, 7) is 5.67. The molecule has 0 radical (unpaired) electrons. The van der Waals surface area contributed by atoms with E-state index >= 15 is 0 Å². The number of rotatable bonds is 5. The highest BCUT2D eigenvalue weighted by molar-refractivity contribution is 6.05. The van der Waals surface area contributed by atoms with Gasteiger partial charge in [0.15, 0.2) is 5.65 Å². The number of aliphatic hydroxyl groups is 1. The zero-order valence-corrected chi connectivity index (χ0v) is 12.7. The molecule has 0 saturated heterocycles. The van der Waals surface area contributed by atoms with Gasteiger partial charge in [-0.05, 0) is 20.8 Å². The van der Waals surface area contributed by atoms with Gasteiger partial charge in [0.1, 0.15) is 5.56 Å². The van der Waals surface area contributed by atoms with Crippen molar-refractivity contribution in [2.24, 2.45) is 7.05 Å². The maximum atomic E-state index is 12.1. The van der Waals surface area contributed by atoms with Crippen molar-refractivity contribution in [1.82, 2.24) is 14.8 Å². The molecule has 0 aliphatic rings.